The predicted molar refractivity (Wildman–Crippen MR) is 80.3 cm³/mol. The highest BCUT2D eigenvalue weighted by atomic mass is 16.5. The average molecular weight is 288 g/mol. The zero-order chi connectivity index (χ0) is 15.2. The zero-order valence-electron chi connectivity index (χ0n) is 12.4. The molecule has 112 valence electrons. The SMILES string of the molecule is CCCOc1ccccc1-n1ncc(C(=O)O)c1CCC. The Bertz CT molecular complexity index is 620. The van der Waals surface area contributed by atoms with Gasteiger partial charge in [-0.25, -0.2) is 9.48 Å². The van der Waals surface area contributed by atoms with Crippen molar-refractivity contribution in [1.82, 2.24) is 9.78 Å². The number of ether oxygens (including phenoxy) is 1. The molecule has 1 N–H and O–H groups in total. The zero-order valence-corrected chi connectivity index (χ0v) is 12.4. The van der Waals surface area contributed by atoms with Crippen LogP contribution >= 0.6 is 0 Å². The Morgan fingerprint density at radius 3 is 2.71 bits per heavy atom. The smallest absolute Gasteiger partial charge is 0.339 e. The van der Waals surface area contributed by atoms with Crippen LogP contribution in [0.25, 0.3) is 5.69 Å². The number of carbonyl (C=O) groups is 1. The molecule has 5 heteroatoms. The first-order chi connectivity index (χ1) is 10.2. The number of nitrogens with zero attached hydrogens (tertiary/aromatic N) is 2. The molecule has 0 atom stereocenters. The molecule has 0 aliphatic heterocycles. The van der Waals surface area contributed by atoms with Crippen molar-refractivity contribution in [2.24, 2.45) is 0 Å². The van der Waals surface area contributed by atoms with E-state index < -0.39 is 5.97 Å². The number of carboxylic acid groups (broad SMARTS) is 1. The molecule has 0 radical (unpaired) electrons. The molecule has 2 rings (SSSR count). The fourth-order valence-electron chi connectivity index (χ4n) is 2.20. The van der Waals surface area contributed by atoms with Gasteiger partial charge < -0.3 is 9.84 Å². The molecule has 2 aromatic rings. The molecule has 1 heterocycles. The second-order valence-electron chi connectivity index (χ2n) is 4.79. The molecule has 0 fully saturated rings. The highest BCUT2D eigenvalue weighted by Crippen LogP contribution is 2.25. The minimum Gasteiger partial charge on any atom is -0.491 e. The van der Waals surface area contributed by atoms with Crippen molar-refractivity contribution in [3.05, 3.63) is 41.7 Å². The summed E-state index contributed by atoms with van der Waals surface area (Å²) in [6.45, 7) is 4.68. The van der Waals surface area contributed by atoms with Crippen LogP contribution in [-0.4, -0.2) is 27.5 Å². The summed E-state index contributed by atoms with van der Waals surface area (Å²) in [5.74, 6) is -0.228. The van der Waals surface area contributed by atoms with Crippen LogP contribution in [0.1, 0.15) is 42.7 Å². The van der Waals surface area contributed by atoms with Gasteiger partial charge >= 0.3 is 5.97 Å². The van der Waals surface area contributed by atoms with E-state index in [0.29, 0.717) is 18.7 Å². The lowest BCUT2D eigenvalue weighted by Gasteiger charge is -2.13. The molecule has 0 aliphatic rings. The van der Waals surface area contributed by atoms with Crippen LogP contribution < -0.4 is 4.74 Å². The molecule has 1 aromatic carbocycles. The molecule has 0 unspecified atom stereocenters. The third kappa shape index (κ3) is 3.24. The Balaban J connectivity index is 2.48. The van der Waals surface area contributed by atoms with Gasteiger partial charge in [0.1, 0.15) is 17.0 Å². The van der Waals surface area contributed by atoms with Crippen LogP contribution in [0, 0.1) is 0 Å². The highest BCUT2D eigenvalue weighted by Gasteiger charge is 2.18. The summed E-state index contributed by atoms with van der Waals surface area (Å²) in [7, 11) is 0. The third-order valence-corrected chi connectivity index (χ3v) is 3.14. The summed E-state index contributed by atoms with van der Waals surface area (Å²) >= 11 is 0. The number of hydrogen-bond donors (Lipinski definition) is 1. The molecule has 0 amide bonds. The quantitative estimate of drug-likeness (QED) is 0.849. The average Bonchev–Trinajstić information content (AvgIpc) is 2.89. The summed E-state index contributed by atoms with van der Waals surface area (Å²) in [5, 5.41) is 13.5. The summed E-state index contributed by atoms with van der Waals surface area (Å²) in [5.41, 5.74) is 1.74. The van der Waals surface area contributed by atoms with Gasteiger partial charge in [0.15, 0.2) is 0 Å². The van der Waals surface area contributed by atoms with Gasteiger partial charge in [0.2, 0.25) is 0 Å². The topological polar surface area (TPSA) is 64.4 Å². The summed E-state index contributed by atoms with van der Waals surface area (Å²) in [6, 6.07) is 7.56. The Hall–Kier alpha value is -2.30. The first-order valence-corrected chi connectivity index (χ1v) is 7.21. The fraction of sp³-hybridized carbons (Fsp3) is 0.375. The van der Waals surface area contributed by atoms with Crippen LogP contribution in [0.2, 0.25) is 0 Å². The lowest BCUT2D eigenvalue weighted by molar-refractivity contribution is 0.0695. The van der Waals surface area contributed by atoms with Gasteiger partial charge in [0.05, 0.1) is 18.5 Å². The molecular formula is C16H20N2O3. The molecule has 0 bridgehead atoms. The van der Waals surface area contributed by atoms with Crippen molar-refractivity contribution in [3.63, 3.8) is 0 Å². The second kappa shape index (κ2) is 6.92. The van der Waals surface area contributed by atoms with Crippen LogP contribution in [0.3, 0.4) is 0 Å². The first kappa shape index (κ1) is 15.1. The summed E-state index contributed by atoms with van der Waals surface area (Å²) in [6.07, 6.45) is 3.83. The van der Waals surface area contributed by atoms with Crippen molar-refractivity contribution in [1.29, 1.82) is 0 Å². The number of carboxylic acids is 1. The Labute approximate surface area is 124 Å². The van der Waals surface area contributed by atoms with Crippen molar-refractivity contribution in [3.8, 4) is 11.4 Å². The highest BCUT2D eigenvalue weighted by molar-refractivity contribution is 5.88. The van der Waals surface area contributed by atoms with Gasteiger partial charge in [-0.3, -0.25) is 0 Å². The van der Waals surface area contributed by atoms with E-state index in [4.69, 9.17) is 4.74 Å². The van der Waals surface area contributed by atoms with Crippen molar-refractivity contribution in [2.45, 2.75) is 33.1 Å². The van der Waals surface area contributed by atoms with Crippen molar-refractivity contribution >= 4 is 5.97 Å². The molecule has 0 spiro atoms. The molecule has 5 nitrogen and oxygen atoms in total. The minimum atomic E-state index is -0.948. The van der Waals surface area contributed by atoms with Gasteiger partial charge in [0, 0.05) is 0 Å². The Morgan fingerprint density at radius 1 is 1.29 bits per heavy atom. The van der Waals surface area contributed by atoms with E-state index in [1.165, 1.54) is 6.20 Å². The van der Waals surface area contributed by atoms with E-state index >= 15 is 0 Å². The molecule has 1 aromatic heterocycles. The standard InChI is InChI=1S/C16H20N2O3/c1-3-7-13-12(16(19)20)11-17-18(13)14-8-5-6-9-15(14)21-10-4-2/h5-6,8-9,11H,3-4,7,10H2,1-2H3,(H,19,20). The van der Waals surface area contributed by atoms with E-state index in [-0.39, 0.29) is 5.56 Å². The fourth-order valence-corrected chi connectivity index (χ4v) is 2.20. The van der Waals surface area contributed by atoms with Gasteiger partial charge in [-0.1, -0.05) is 32.4 Å². The first-order valence-electron chi connectivity index (χ1n) is 7.21. The van der Waals surface area contributed by atoms with Crippen LogP contribution in [-0.2, 0) is 6.42 Å². The number of hydrogen-bond acceptors (Lipinski definition) is 3. The summed E-state index contributed by atoms with van der Waals surface area (Å²) < 4.78 is 7.41. The van der Waals surface area contributed by atoms with E-state index in [1.54, 1.807) is 4.68 Å². The van der Waals surface area contributed by atoms with E-state index in [9.17, 15) is 9.90 Å². The predicted octanol–water partition coefficient (Wildman–Crippen LogP) is 3.31. The maximum absolute atomic E-state index is 11.3. The van der Waals surface area contributed by atoms with Gasteiger partial charge in [-0.05, 0) is 25.0 Å². The second-order valence-corrected chi connectivity index (χ2v) is 4.79. The minimum absolute atomic E-state index is 0.252. The Morgan fingerprint density at radius 2 is 2.05 bits per heavy atom. The number of aromatic nitrogens is 2. The molecular weight excluding hydrogens is 268 g/mol. The lowest BCUT2D eigenvalue weighted by Crippen LogP contribution is -2.08. The molecule has 0 aliphatic carbocycles. The van der Waals surface area contributed by atoms with Gasteiger partial charge in [-0.15, -0.1) is 0 Å². The van der Waals surface area contributed by atoms with Gasteiger partial charge in [0.25, 0.3) is 0 Å². The maximum Gasteiger partial charge on any atom is 0.339 e. The number of aromatic carboxylic acids is 1. The van der Waals surface area contributed by atoms with Crippen molar-refractivity contribution < 1.29 is 14.6 Å². The largest absolute Gasteiger partial charge is 0.491 e. The van der Waals surface area contributed by atoms with Gasteiger partial charge in [-0.2, -0.15) is 5.10 Å². The van der Waals surface area contributed by atoms with Crippen LogP contribution in [0.5, 0.6) is 5.75 Å². The molecule has 21 heavy (non-hydrogen) atoms. The Kier molecular flexibility index (Phi) is 4.98. The third-order valence-electron chi connectivity index (χ3n) is 3.14. The van der Waals surface area contributed by atoms with E-state index in [2.05, 4.69) is 5.10 Å². The number of para-hydroxylation sites is 2. The monoisotopic (exact) mass is 288 g/mol. The van der Waals surface area contributed by atoms with Crippen LogP contribution in [0.4, 0.5) is 0 Å². The lowest BCUT2D eigenvalue weighted by atomic mass is 10.1. The number of rotatable bonds is 7. The summed E-state index contributed by atoms with van der Waals surface area (Å²) in [4.78, 5) is 11.3. The van der Waals surface area contributed by atoms with Crippen LogP contribution in [0.15, 0.2) is 30.5 Å². The normalized spacial score (nSPS) is 10.6. The molecule has 0 saturated carbocycles. The van der Waals surface area contributed by atoms with Crippen molar-refractivity contribution in [2.75, 3.05) is 6.61 Å². The van der Waals surface area contributed by atoms with E-state index in [0.717, 1.165) is 24.3 Å². The number of benzene rings is 1. The molecule has 0 saturated heterocycles. The maximum atomic E-state index is 11.3. The van der Waals surface area contributed by atoms with E-state index in [1.807, 2.05) is 38.1 Å².